The van der Waals surface area contributed by atoms with Gasteiger partial charge in [0.2, 0.25) is 5.91 Å². The van der Waals surface area contributed by atoms with Crippen LogP contribution >= 0.6 is 0 Å². The van der Waals surface area contributed by atoms with Crippen LogP contribution in [0.2, 0.25) is 0 Å². The number of hydrogen-bond acceptors (Lipinski definition) is 2. The smallest absolute Gasteiger partial charge is 0.218 e. The predicted octanol–water partition coefficient (Wildman–Crippen LogP) is 6.14. The Morgan fingerprint density at radius 2 is 1.42 bits per heavy atom. The summed E-state index contributed by atoms with van der Waals surface area (Å²) in [6.45, 7) is 16.4. The van der Waals surface area contributed by atoms with Gasteiger partial charge >= 0.3 is 0 Å². The third-order valence-corrected chi connectivity index (χ3v) is 4.55. The molecule has 1 aliphatic carbocycles. The van der Waals surface area contributed by atoms with E-state index in [0.717, 1.165) is 11.8 Å². The number of nitrogens with two attached hydrogens (primary N) is 1. The van der Waals surface area contributed by atoms with Gasteiger partial charge in [0.15, 0.2) is 0 Å². The van der Waals surface area contributed by atoms with E-state index in [4.69, 9.17) is 5.73 Å². The lowest BCUT2D eigenvalue weighted by Gasteiger charge is -2.06. The monoisotopic (exact) mass is 343 g/mol. The molecule has 1 atom stereocenters. The molecule has 1 saturated carbocycles. The highest BCUT2D eigenvalue weighted by Crippen LogP contribution is 2.22. The summed E-state index contributed by atoms with van der Waals surface area (Å²) in [5.41, 5.74) is 4.92. The summed E-state index contributed by atoms with van der Waals surface area (Å²) in [4.78, 5) is 21.0. The number of Topliss-reactive ketones (excluding diaryl/α,β-unsaturated/α-hetero) is 1. The number of carbonyl (C=O) groups is 2. The van der Waals surface area contributed by atoms with Gasteiger partial charge in [0.1, 0.15) is 5.78 Å². The molecule has 24 heavy (non-hydrogen) atoms. The Kier molecular flexibility index (Phi) is 23.5. The fourth-order valence-corrected chi connectivity index (χ4v) is 2.24. The van der Waals surface area contributed by atoms with Gasteiger partial charge in [-0.25, -0.2) is 0 Å². The Bertz CT molecular complexity index is 280. The van der Waals surface area contributed by atoms with Crippen molar-refractivity contribution in [2.24, 2.45) is 23.5 Å². The highest BCUT2D eigenvalue weighted by atomic mass is 16.1. The maximum atomic E-state index is 10.7. The van der Waals surface area contributed by atoms with E-state index in [1.807, 2.05) is 20.8 Å². The molecule has 0 spiro atoms. The molecule has 2 N–H and O–H groups in total. The second-order valence-electron chi connectivity index (χ2n) is 6.70. The van der Waals surface area contributed by atoms with Gasteiger partial charge in [-0.2, -0.15) is 0 Å². The van der Waals surface area contributed by atoms with Gasteiger partial charge in [0.05, 0.1) is 0 Å². The summed E-state index contributed by atoms with van der Waals surface area (Å²) in [5.74, 6) is 1.45. The van der Waals surface area contributed by atoms with Crippen molar-refractivity contribution >= 4 is 11.7 Å². The summed E-state index contributed by atoms with van der Waals surface area (Å²) in [7, 11) is 0. The zero-order chi connectivity index (χ0) is 19.5. The van der Waals surface area contributed by atoms with Gasteiger partial charge in [-0.3, -0.25) is 9.59 Å². The van der Waals surface area contributed by atoms with Gasteiger partial charge in [0, 0.05) is 12.3 Å². The molecule has 0 heterocycles. The van der Waals surface area contributed by atoms with Crippen LogP contribution in [0.15, 0.2) is 0 Å². The number of ketones is 1. The molecule has 0 saturated heterocycles. The van der Waals surface area contributed by atoms with Crippen molar-refractivity contribution in [3.8, 4) is 0 Å². The molecule has 146 valence electrons. The van der Waals surface area contributed by atoms with Crippen molar-refractivity contribution in [3.63, 3.8) is 0 Å². The predicted molar refractivity (Wildman–Crippen MR) is 107 cm³/mol. The lowest BCUT2D eigenvalue weighted by atomic mass is 9.98. The Morgan fingerprint density at radius 1 is 1.00 bits per heavy atom. The highest BCUT2D eigenvalue weighted by molar-refractivity contribution is 5.84. The summed E-state index contributed by atoms with van der Waals surface area (Å²) in [6, 6.07) is 0. The van der Waals surface area contributed by atoms with Crippen LogP contribution in [0.1, 0.15) is 107 Å². The van der Waals surface area contributed by atoms with Crippen LogP contribution in [0, 0.1) is 17.8 Å². The molecular formula is C21H45NO2. The molecule has 0 bridgehead atoms. The number of primary amides is 1. The van der Waals surface area contributed by atoms with Gasteiger partial charge in [-0.05, 0) is 25.2 Å². The second kappa shape index (κ2) is 20.2. The van der Waals surface area contributed by atoms with Gasteiger partial charge in [0.25, 0.3) is 0 Å². The average molecular weight is 344 g/mol. The third-order valence-electron chi connectivity index (χ3n) is 4.55. The number of hydrogen-bond donors (Lipinski definition) is 1. The van der Waals surface area contributed by atoms with Crippen molar-refractivity contribution in [1.29, 1.82) is 0 Å². The van der Waals surface area contributed by atoms with E-state index >= 15 is 0 Å². The first-order valence-electron chi connectivity index (χ1n) is 10.1. The lowest BCUT2D eigenvalue weighted by Crippen LogP contribution is -2.20. The van der Waals surface area contributed by atoms with Gasteiger partial charge in [-0.15, -0.1) is 0 Å². The molecule has 3 nitrogen and oxygen atoms in total. The van der Waals surface area contributed by atoms with Crippen LogP contribution in [0.5, 0.6) is 0 Å². The first kappa shape index (κ1) is 28.0. The van der Waals surface area contributed by atoms with E-state index in [0.29, 0.717) is 6.42 Å². The Balaban J connectivity index is -0.000000273. The molecule has 0 aromatic heterocycles. The highest BCUT2D eigenvalue weighted by Gasteiger charge is 2.13. The molecule has 1 unspecified atom stereocenters. The second-order valence-corrected chi connectivity index (χ2v) is 6.70. The van der Waals surface area contributed by atoms with Crippen LogP contribution in [-0.4, -0.2) is 11.7 Å². The van der Waals surface area contributed by atoms with E-state index < -0.39 is 5.91 Å². The third kappa shape index (κ3) is 21.1. The first-order chi connectivity index (χ1) is 11.3. The van der Waals surface area contributed by atoms with E-state index in [9.17, 15) is 9.59 Å². The van der Waals surface area contributed by atoms with E-state index in [2.05, 4.69) is 27.7 Å². The minimum atomic E-state index is -0.401. The zero-order valence-electron chi connectivity index (χ0n) is 17.8. The van der Waals surface area contributed by atoms with E-state index in [1.54, 1.807) is 0 Å². The quantitative estimate of drug-likeness (QED) is 0.629. The molecule has 0 aromatic rings. The SMILES string of the molecule is CC.CC1CCCC1.CCC(C)CC.CCC(CC(N)=O)C(C)=O. The number of carbonyl (C=O) groups excluding carboxylic acids is 2. The van der Waals surface area contributed by atoms with E-state index in [-0.39, 0.29) is 18.1 Å². The van der Waals surface area contributed by atoms with Crippen molar-refractivity contribution in [1.82, 2.24) is 0 Å². The van der Waals surface area contributed by atoms with Crippen molar-refractivity contribution in [3.05, 3.63) is 0 Å². The molecule has 3 heteroatoms. The summed E-state index contributed by atoms with van der Waals surface area (Å²) in [6.07, 6.45) is 9.49. The van der Waals surface area contributed by atoms with Crippen LogP contribution in [0.4, 0.5) is 0 Å². The minimum Gasteiger partial charge on any atom is -0.370 e. The van der Waals surface area contributed by atoms with Crippen molar-refractivity contribution in [2.45, 2.75) is 107 Å². The molecule has 1 aliphatic rings. The lowest BCUT2D eigenvalue weighted by molar-refractivity contribution is -0.126. The molecule has 1 rings (SSSR count). The van der Waals surface area contributed by atoms with Crippen LogP contribution in [0.3, 0.4) is 0 Å². The molecular weight excluding hydrogens is 298 g/mol. The minimum absolute atomic E-state index is 0.0429. The largest absolute Gasteiger partial charge is 0.370 e. The summed E-state index contributed by atoms with van der Waals surface area (Å²) in [5, 5.41) is 0. The fraction of sp³-hybridized carbons (Fsp3) is 0.905. The van der Waals surface area contributed by atoms with Crippen LogP contribution in [0.25, 0.3) is 0 Å². The van der Waals surface area contributed by atoms with Crippen LogP contribution in [-0.2, 0) is 9.59 Å². The number of rotatable bonds is 6. The molecule has 1 fully saturated rings. The van der Waals surface area contributed by atoms with E-state index in [1.165, 1.54) is 45.4 Å². The van der Waals surface area contributed by atoms with Gasteiger partial charge in [-0.1, -0.05) is 87.0 Å². The Hall–Kier alpha value is -0.860. The fourth-order valence-electron chi connectivity index (χ4n) is 2.24. The summed E-state index contributed by atoms with van der Waals surface area (Å²) < 4.78 is 0. The molecule has 1 amide bonds. The maximum absolute atomic E-state index is 10.7. The average Bonchev–Trinajstić information content (AvgIpc) is 3.05. The van der Waals surface area contributed by atoms with Crippen molar-refractivity contribution < 1.29 is 9.59 Å². The zero-order valence-corrected chi connectivity index (χ0v) is 17.8. The summed E-state index contributed by atoms with van der Waals surface area (Å²) >= 11 is 0. The molecule has 0 aromatic carbocycles. The molecule has 0 radical (unpaired) electrons. The standard InChI is InChI=1S/C7H13NO2.C6H12.C6H14.C2H6/c1-3-6(5(2)9)4-7(8)10;1-6-4-2-3-5-6;1-4-6(3)5-2;1-2/h6H,3-4H2,1-2H3,(H2,8,10);6H,2-5H2,1H3;6H,4-5H2,1-3H3;1-2H3. The maximum Gasteiger partial charge on any atom is 0.218 e. The number of amides is 1. The molecule has 0 aliphatic heterocycles. The Labute approximate surface area is 152 Å². The van der Waals surface area contributed by atoms with Gasteiger partial charge < -0.3 is 5.73 Å². The topological polar surface area (TPSA) is 60.2 Å². The van der Waals surface area contributed by atoms with Crippen molar-refractivity contribution in [2.75, 3.05) is 0 Å². The normalized spacial score (nSPS) is 14.4. The van der Waals surface area contributed by atoms with Crippen LogP contribution < -0.4 is 5.73 Å². The first-order valence-corrected chi connectivity index (χ1v) is 10.1. The Morgan fingerprint density at radius 3 is 1.50 bits per heavy atom.